The number of halogens is 3. The summed E-state index contributed by atoms with van der Waals surface area (Å²) in [6.45, 7) is 0.359. The highest BCUT2D eigenvalue weighted by atomic mass is 35.5. The Morgan fingerprint density at radius 3 is 2.36 bits per heavy atom. The van der Waals surface area contributed by atoms with Gasteiger partial charge in [0.25, 0.3) is 0 Å². The molecule has 0 spiro atoms. The van der Waals surface area contributed by atoms with E-state index in [1.54, 1.807) is 0 Å². The van der Waals surface area contributed by atoms with Gasteiger partial charge in [-0.05, 0) is 70.6 Å². The molecular formula is C26H42Cl2FN5O5. The van der Waals surface area contributed by atoms with E-state index >= 15 is 0 Å². The first kappa shape index (κ1) is 29.7. The first-order valence-corrected chi connectivity index (χ1v) is 15.2. The number of amides is 2. The fraction of sp³-hybridized carbons (Fsp3) is 0.923. The summed E-state index contributed by atoms with van der Waals surface area (Å²) in [5.41, 5.74) is 2.04. The normalized spacial score (nSPS) is 42.8. The van der Waals surface area contributed by atoms with Crippen LogP contribution in [0.3, 0.4) is 0 Å². The lowest BCUT2D eigenvalue weighted by Gasteiger charge is -2.56. The summed E-state index contributed by atoms with van der Waals surface area (Å²) in [6.07, 6.45) is 5.53. The number of carbonyl (C=O) groups is 2. The van der Waals surface area contributed by atoms with Gasteiger partial charge in [0.05, 0.1) is 29.8 Å². The predicted octanol–water partition coefficient (Wildman–Crippen LogP) is 1.77. The van der Waals surface area contributed by atoms with Gasteiger partial charge in [-0.3, -0.25) is 14.9 Å². The largest absolute Gasteiger partial charge is 0.391 e. The van der Waals surface area contributed by atoms with Crippen LogP contribution in [0.15, 0.2) is 0 Å². The van der Waals surface area contributed by atoms with Gasteiger partial charge in [-0.2, -0.15) is 0 Å². The van der Waals surface area contributed by atoms with Crippen molar-refractivity contribution in [2.75, 3.05) is 19.9 Å². The van der Waals surface area contributed by atoms with Gasteiger partial charge in [0.15, 0.2) is 6.35 Å². The molecule has 13 heteroatoms. The number of ether oxygens (including phenoxy) is 2. The second-order valence-corrected chi connectivity index (χ2v) is 13.3. The monoisotopic (exact) mass is 593 g/mol. The summed E-state index contributed by atoms with van der Waals surface area (Å²) in [5.74, 6) is -0.540. The number of hydrogen-bond acceptors (Lipinski definition) is 8. The maximum absolute atomic E-state index is 13.8. The summed E-state index contributed by atoms with van der Waals surface area (Å²) >= 11 is 12.1. The Bertz CT molecular complexity index is 874. The molecule has 2 bridgehead atoms. The molecule has 2 amide bonds. The number of alkyl halides is 3. The summed E-state index contributed by atoms with van der Waals surface area (Å²) in [5, 5.41) is 22.2. The standard InChI is InChI=1S/C26H42Cl2FN5O5/c27-16-1-3-17(4-2-16)34-15-30-24(33-34)39-14-23(37)32-26-9-7-25(8-10-26,12-21(26)35)31-22(36)13-38-18-5-6-19(28)20(29)11-18/h16-21,24,30,33,35H,1-15H2,(H,31,36)(H,32,37)/t16?,17?,18?,19?,20?,21-,24?,25?,26?/m0/s1. The van der Waals surface area contributed by atoms with Crippen molar-refractivity contribution in [3.63, 3.8) is 0 Å². The summed E-state index contributed by atoms with van der Waals surface area (Å²) in [4.78, 5) is 25.4. The van der Waals surface area contributed by atoms with Gasteiger partial charge in [0.2, 0.25) is 11.8 Å². The molecular weight excluding hydrogens is 552 g/mol. The average Bonchev–Trinajstić information content (AvgIpc) is 3.39. The SMILES string of the molecule is O=C(COC1CCC(Cl)C(F)C1)NC12CCC(NC(=O)COC3NCN(C4CCC(Cl)CC4)N3)(CC1)[C@@H](O)C2. The highest BCUT2D eigenvalue weighted by molar-refractivity contribution is 6.21. The van der Waals surface area contributed by atoms with E-state index in [9.17, 15) is 19.1 Å². The predicted molar refractivity (Wildman–Crippen MR) is 144 cm³/mol. The van der Waals surface area contributed by atoms with Crippen molar-refractivity contribution in [1.82, 2.24) is 26.4 Å². The van der Waals surface area contributed by atoms with Gasteiger partial charge in [-0.1, -0.05) is 0 Å². The number of hydrogen-bond donors (Lipinski definition) is 5. The van der Waals surface area contributed by atoms with E-state index in [1.807, 2.05) is 0 Å². The molecule has 6 fully saturated rings. The van der Waals surface area contributed by atoms with Gasteiger partial charge in [-0.15, -0.1) is 23.2 Å². The van der Waals surface area contributed by atoms with Crippen molar-refractivity contribution in [2.24, 2.45) is 0 Å². The number of aliphatic hydroxyl groups is 1. The molecule has 0 aromatic heterocycles. The zero-order chi connectivity index (χ0) is 27.6. The highest BCUT2D eigenvalue weighted by Gasteiger charge is 2.55. The average molecular weight is 595 g/mol. The Morgan fingerprint density at radius 2 is 1.67 bits per heavy atom. The van der Waals surface area contributed by atoms with Crippen molar-refractivity contribution in [3.05, 3.63) is 0 Å². The third-order valence-electron chi connectivity index (χ3n) is 9.39. The topological polar surface area (TPSA) is 124 Å². The molecule has 0 aromatic rings. The van der Waals surface area contributed by atoms with Gasteiger partial charge in [-0.25, -0.2) is 14.8 Å². The van der Waals surface area contributed by atoms with Crippen LogP contribution in [-0.4, -0.2) is 94.4 Å². The highest BCUT2D eigenvalue weighted by Crippen LogP contribution is 2.47. The molecule has 4 unspecified atom stereocenters. The van der Waals surface area contributed by atoms with Crippen molar-refractivity contribution in [3.8, 4) is 0 Å². The number of fused-ring (bicyclic) bond motifs is 3. The molecule has 5 atom stereocenters. The number of carbonyl (C=O) groups excluding carboxylic acids is 2. The maximum atomic E-state index is 13.8. The van der Waals surface area contributed by atoms with Crippen molar-refractivity contribution in [2.45, 2.75) is 130 Å². The number of hydrazine groups is 1. The second kappa shape index (κ2) is 12.6. The molecule has 1 heterocycles. The van der Waals surface area contributed by atoms with E-state index in [1.165, 1.54) is 0 Å². The van der Waals surface area contributed by atoms with E-state index in [-0.39, 0.29) is 42.9 Å². The summed E-state index contributed by atoms with van der Waals surface area (Å²) < 4.78 is 25.3. The van der Waals surface area contributed by atoms with Crippen molar-refractivity contribution in [1.29, 1.82) is 0 Å². The quantitative estimate of drug-likeness (QED) is 0.256. The Labute approximate surface area is 239 Å². The third kappa shape index (κ3) is 7.17. The fourth-order valence-electron chi connectivity index (χ4n) is 6.95. The Hall–Kier alpha value is -0.790. The number of aliphatic hydroxyl groups excluding tert-OH is 1. The first-order chi connectivity index (χ1) is 18.7. The van der Waals surface area contributed by atoms with Crippen LogP contribution in [0, 0.1) is 0 Å². The lowest BCUT2D eigenvalue weighted by atomic mass is 9.60. The molecule has 222 valence electrons. The second-order valence-electron chi connectivity index (χ2n) is 12.1. The maximum Gasteiger partial charge on any atom is 0.246 e. The molecule has 5 saturated carbocycles. The third-order valence-corrected chi connectivity index (χ3v) is 10.3. The van der Waals surface area contributed by atoms with Crippen LogP contribution in [0.4, 0.5) is 4.39 Å². The Morgan fingerprint density at radius 1 is 0.974 bits per heavy atom. The number of nitrogens with one attached hydrogen (secondary N) is 4. The zero-order valence-corrected chi connectivity index (χ0v) is 23.8. The van der Waals surface area contributed by atoms with Gasteiger partial charge >= 0.3 is 0 Å². The molecule has 1 aliphatic heterocycles. The minimum absolute atomic E-state index is 0.133. The van der Waals surface area contributed by atoms with Crippen LogP contribution in [0.25, 0.3) is 0 Å². The fourth-order valence-corrected chi connectivity index (χ4v) is 7.44. The Balaban J connectivity index is 1.02. The molecule has 0 radical (unpaired) electrons. The van der Waals surface area contributed by atoms with Crippen LogP contribution in [0.5, 0.6) is 0 Å². The lowest BCUT2D eigenvalue weighted by Crippen LogP contribution is -2.70. The van der Waals surface area contributed by atoms with E-state index in [4.69, 9.17) is 32.7 Å². The molecule has 10 nitrogen and oxygen atoms in total. The lowest BCUT2D eigenvalue weighted by molar-refractivity contribution is -0.142. The molecule has 5 aliphatic carbocycles. The molecule has 6 aliphatic rings. The van der Waals surface area contributed by atoms with E-state index in [0.717, 1.165) is 25.7 Å². The van der Waals surface area contributed by atoms with Crippen LogP contribution >= 0.6 is 23.2 Å². The van der Waals surface area contributed by atoms with E-state index in [2.05, 4.69) is 26.4 Å². The molecule has 5 N–H and O–H groups in total. The molecule has 6 rings (SSSR count). The van der Waals surface area contributed by atoms with Crippen LogP contribution in [0.2, 0.25) is 0 Å². The van der Waals surface area contributed by atoms with E-state index < -0.39 is 35.1 Å². The zero-order valence-electron chi connectivity index (χ0n) is 22.3. The molecule has 39 heavy (non-hydrogen) atoms. The number of rotatable bonds is 9. The van der Waals surface area contributed by atoms with Crippen molar-refractivity contribution < 1.29 is 28.6 Å². The minimum Gasteiger partial charge on any atom is -0.391 e. The molecule has 0 aromatic carbocycles. The van der Waals surface area contributed by atoms with Gasteiger partial charge in [0, 0.05) is 23.4 Å². The van der Waals surface area contributed by atoms with Crippen molar-refractivity contribution >= 4 is 35.0 Å². The minimum atomic E-state index is -1.12. The van der Waals surface area contributed by atoms with Crippen LogP contribution in [0.1, 0.15) is 77.0 Å². The summed E-state index contributed by atoms with van der Waals surface area (Å²) in [6, 6.07) is 0.397. The molecule has 1 saturated heterocycles. The smallest absolute Gasteiger partial charge is 0.246 e. The van der Waals surface area contributed by atoms with Gasteiger partial charge < -0.3 is 25.2 Å². The first-order valence-electron chi connectivity index (χ1n) is 14.4. The van der Waals surface area contributed by atoms with Crippen LogP contribution in [-0.2, 0) is 19.1 Å². The van der Waals surface area contributed by atoms with Crippen LogP contribution < -0.4 is 21.4 Å². The Kier molecular flexibility index (Phi) is 9.60. The van der Waals surface area contributed by atoms with E-state index in [0.29, 0.717) is 57.7 Å². The summed E-state index contributed by atoms with van der Waals surface area (Å²) in [7, 11) is 0. The van der Waals surface area contributed by atoms with Gasteiger partial charge in [0.1, 0.15) is 19.4 Å². The number of nitrogens with zero attached hydrogens (tertiary/aromatic N) is 1.